The van der Waals surface area contributed by atoms with Crippen LogP contribution in [0.4, 0.5) is 27.9 Å². The summed E-state index contributed by atoms with van der Waals surface area (Å²) in [4.78, 5) is 35.6. The molecule has 0 aliphatic heterocycles. The van der Waals surface area contributed by atoms with Crippen molar-refractivity contribution < 1.29 is 14.3 Å². The highest BCUT2D eigenvalue weighted by molar-refractivity contribution is 5.98. The smallest absolute Gasteiger partial charge is 0.407 e. The largest absolute Gasteiger partial charge is 0.444 e. The van der Waals surface area contributed by atoms with Crippen molar-refractivity contribution in [1.82, 2.24) is 15.3 Å². The monoisotopic (exact) mass is 467 g/mol. The lowest BCUT2D eigenvalue weighted by Crippen LogP contribution is -2.50. The average Bonchev–Trinajstić information content (AvgIpc) is 2.75. The van der Waals surface area contributed by atoms with E-state index < -0.39 is 17.6 Å². The maximum Gasteiger partial charge on any atom is 0.407 e. The number of carbonyl (C=O) groups is 2. The van der Waals surface area contributed by atoms with Crippen molar-refractivity contribution >= 4 is 35.1 Å². The second-order valence-corrected chi connectivity index (χ2v) is 8.97. The third-order valence-electron chi connectivity index (χ3n) is 5.13. The molecule has 0 radical (unpaired) electrons. The van der Waals surface area contributed by atoms with Gasteiger partial charge < -0.3 is 26.4 Å². The SMILES string of the molecule is CC(C)(C)OC(=O)N[C@H]1CCCC[C@H]1Nc1ncc(C(N)=O)c(Nc2ccc(N=[N+]=[N-])cc2)n1. The normalized spacial score (nSPS) is 17.7. The molecule has 34 heavy (non-hydrogen) atoms. The minimum atomic E-state index is -0.679. The second kappa shape index (κ2) is 10.7. The van der Waals surface area contributed by atoms with Crippen molar-refractivity contribution in [3.63, 3.8) is 0 Å². The lowest BCUT2D eigenvalue weighted by molar-refractivity contribution is 0.0488. The zero-order valence-corrected chi connectivity index (χ0v) is 19.4. The van der Waals surface area contributed by atoms with Gasteiger partial charge >= 0.3 is 6.09 Å². The fourth-order valence-corrected chi connectivity index (χ4v) is 3.63. The van der Waals surface area contributed by atoms with Gasteiger partial charge in [0.1, 0.15) is 17.0 Å². The van der Waals surface area contributed by atoms with E-state index >= 15 is 0 Å². The number of nitrogens with zero attached hydrogens (tertiary/aromatic N) is 5. The molecule has 0 spiro atoms. The van der Waals surface area contributed by atoms with E-state index in [0.29, 0.717) is 17.3 Å². The second-order valence-electron chi connectivity index (χ2n) is 8.97. The Labute approximate surface area is 197 Å². The van der Waals surface area contributed by atoms with Crippen LogP contribution in [0.15, 0.2) is 35.6 Å². The number of nitrogens with one attached hydrogen (secondary N) is 3. The number of aromatic nitrogens is 2. The van der Waals surface area contributed by atoms with Gasteiger partial charge in [-0.25, -0.2) is 9.78 Å². The first kappa shape index (κ1) is 24.6. The van der Waals surface area contributed by atoms with E-state index in [-0.39, 0.29) is 23.5 Å². The zero-order valence-electron chi connectivity index (χ0n) is 19.4. The van der Waals surface area contributed by atoms with Gasteiger partial charge in [-0.3, -0.25) is 4.79 Å². The number of benzene rings is 1. The van der Waals surface area contributed by atoms with E-state index in [9.17, 15) is 9.59 Å². The van der Waals surface area contributed by atoms with Crippen LogP contribution in [-0.2, 0) is 4.74 Å². The molecule has 2 atom stereocenters. The van der Waals surface area contributed by atoms with Crippen molar-refractivity contribution in [3.8, 4) is 0 Å². The molecule has 180 valence electrons. The zero-order chi connectivity index (χ0) is 24.7. The first-order valence-corrected chi connectivity index (χ1v) is 11.0. The van der Waals surface area contributed by atoms with Gasteiger partial charge in [-0.2, -0.15) is 4.98 Å². The Balaban J connectivity index is 1.77. The Morgan fingerprint density at radius 3 is 2.47 bits per heavy atom. The van der Waals surface area contributed by atoms with Gasteiger partial charge in [0.25, 0.3) is 5.91 Å². The third-order valence-corrected chi connectivity index (χ3v) is 5.13. The summed E-state index contributed by atoms with van der Waals surface area (Å²) in [5.74, 6) is -0.156. The Kier molecular flexibility index (Phi) is 7.75. The number of nitrogens with two attached hydrogens (primary N) is 1. The summed E-state index contributed by atoms with van der Waals surface area (Å²) in [7, 11) is 0. The molecule has 1 heterocycles. The van der Waals surface area contributed by atoms with Gasteiger partial charge in [0.2, 0.25) is 5.95 Å². The molecule has 2 amide bonds. The van der Waals surface area contributed by atoms with Crippen LogP contribution < -0.4 is 21.7 Å². The molecule has 0 bridgehead atoms. The minimum absolute atomic E-state index is 0.114. The van der Waals surface area contributed by atoms with E-state index in [1.54, 1.807) is 24.3 Å². The predicted molar refractivity (Wildman–Crippen MR) is 128 cm³/mol. The number of ether oxygens (including phenoxy) is 1. The van der Waals surface area contributed by atoms with Crippen LogP contribution in [0, 0.1) is 0 Å². The fraction of sp³-hybridized carbons (Fsp3) is 0.455. The summed E-state index contributed by atoms with van der Waals surface area (Å²) >= 11 is 0. The maximum absolute atomic E-state index is 12.3. The molecule has 0 unspecified atom stereocenters. The van der Waals surface area contributed by atoms with Crippen LogP contribution in [-0.4, -0.2) is 39.7 Å². The van der Waals surface area contributed by atoms with E-state index in [1.165, 1.54) is 6.20 Å². The average molecular weight is 468 g/mol. The number of rotatable bonds is 7. The molecular weight excluding hydrogens is 438 g/mol. The van der Waals surface area contributed by atoms with E-state index in [4.69, 9.17) is 16.0 Å². The summed E-state index contributed by atoms with van der Waals surface area (Å²) < 4.78 is 5.39. The Bertz CT molecular complexity index is 1080. The lowest BCUT2D eigenvalue weighted by atomic mass is 9.90. The van der Waals surface area contributed by atoms with Gasteiger partial charge in [-0.1, -0.05) is 30.1 Å². The van der Waals surface area contributed by atoms with Crippen LogP contribution in [0.3, 0.4) is 0 Å². The molecule has 1 fully saturated rings. The highest BCUT2D eigenvalue weighted by Gasteiger charge is 2.29. The van der Waals surface area contributed by atoms with E-state index in [2.05, 4.69) is 35.9 Å². The maximum atomic E-state index is 12.3. The third kappa shape index (κ3) is 6.97. The van der Waals surface area contributed by atoms with E-state index in [0.717, 1.165) is 25.7 Å². The molecule has 1 aromatic carbocycles. The summed E-state index contributed by atoms with van der Waals surface area (Å²) in [6.45, 7) is 5.45. The van der Waals surface area contributed by atoms with Gasteiger partial charge in [-0.15, -0.1) is 0 Å². The van der Waals surface area contributed by atoms with Gasteiger partial charge in [-0.05, 0) is 51.3 Å². The Hall–Kier alpha value is -4.05. The number of anilines is 3. The van der Waals surface area contributed by atoms with Crippen molar-refractivity contribution in [2.24, 2.45) is 10.8 Å². The topological polar surface area (TPSA) is 180 Å². The minimum Gasteiger partial charge on any atom is -0.444 e. The fourth-order valence-electron chi connectivity index (χ4n) is 3.63. The van der Waals surface area contributed by atoms with Crippen molar-refractivity contribution in [2.45, 2.75) is 64.1 Å². The van der Waals surface area contributed by atoms with Crippen LogP contribution in [0.2, 0.25) is 0 Å². The Morgan fingerprint density at radius 2 is 1.85 bits per heavy atom. The predicted octanol–water partition coefficient (Wildman–Crippen LogP) is 4.51. The number of hydrogen-bond donors (Lipinski definition) is 4. The van der Waals surface area contributed by atoms with Crippen molar-refractivity contribution in [1.29, 1.82) is 0 Å². The molecule has 12 heteroatoms. The molecule has 1 aliphatic carbocycles. The molecule has 2 aromatic rings. The van der Waals surface area contributed by atoms with E-state index in [1.807, 2.05) is 20.8 Å². The van der Waals surface area contributed by atoms with Crippen molar-refractivity contribution in [3.05, 3.63) is 46.5 Å². The molecule has 12 nitrogen and oxygen atoms in total. The first-order chi connectivity index (χ1) is 16.1. The van der Waals surface area contributed by atoms with Crippen LogP contribution >= 0.6 is 0 Å². The quantitative estimate of drug-likeness (QED) is 0.262. The molecular formula is C22H29N9O3. The summed E-state index contributed by atoms with van der Waals surface area (Å²) in [5, 5.41) is 12.8. The number of hydrogen-bond acceptors (Lipinski definition) is 8. The number of azide groups is 1. The molecule has 1 aromatic heterocycles. The first-order valence-electron chi connectivity index (χ1n) is 11.0. The van der Waals surface area contributed by atoms with Crippen LogP contribution in [0.1, 0.15) is 56.8 Å². The molecule has 3 rings (SSSR count). The molecule has 0 saturated heterocycles. The standard InChI is InChI=1S/C22H29N9O3/c1-22(2,3)34-21(33)28-17-7-5-4-6-16(17)27-20-25-12-15(18(23)32)19(29-20)26-13-8-10-14(11-9-13)30-31-24/h8-12,16-17H,4-7H2,1-3H3,(H2,23,32)(H,28,33)(H2,25,26,27,29)/t16-,17+/m1/s1. The highest BCUT2D eigenvalue weighted by Crippen LogP contribution is 2.25. The summed E-state index contributed by atoms with van der Waals surface area (Å²) in [5.41, 5.74) is 14.6. The van der Waals surface area contributed by atoms with Crippen LogP contribution in [0.5, 0.6) is 0 Å². The number of primary amides is 1. The van der Waals surface area contributed by atoms with Gasteiger partial charge in [0.05, 0.1) is 6.04 Å². The highest BCUT2D eigenvalue weighted by atomic mass is 16.6. The Morgan fingerprint density at radius 1 is 1.18 bits per heavy atom. The van der Waals surface area contributed by atoms with Crippen molar-refractivity contribution in [2.75, 3.05) is 10.6 Å². The number of alkyl carbamates (subject to hydrolysis) is 1. The van der Waals surface area contributed by atoms with Crippen LogP contribution in [0.25, 0.3) is 10.4 Å². The van der Waals surface area contributed by atoms with Gasteiger partial charge in [0.15, 0.2) is 0 Å². The van der Waals surface area contributed by atoms with Gasteiger partial charge in [0, 0.05) is 28.5 Å². The number of amides is 2. The summed E-state index contributed by atoms with van der Waals surface area (Å²) in [6, 6.07) is 6.35. The molecule has 5 N–H and O–H groups in total. The lowest BCUT2D eigenvalue weighted by Gasteiger charge is -2.33. The molecule has 1 aliphatic rings. The summed E-state index contributed by atoms with van der Waals surface area (Å²) in [6.07, 6.45) is 4.46. The molecule has 1 saturated carbocycles. The number of carbonyl (C=O) groups excluding carboxylic acids is 2.